The van der Waals surface area contributed by atoms with Crippen LogP contribution in [0.2, 0.25) is 0 Å². The summed E-state index contributed by atoms with van der Waals surface area (Å²) < 4.78 is 0. The number of hydrogen-bond donors (Lipinski definition) is 2. The molecular weight excluding hydrogens is 198 g/mol. The van der Waals surface area contributed by atoms with Crippen molar-refractivity contribution < 1.29 is 0 Å². The van der Waals surface area contributed by atoms with Gasteiger partial charge in [0, 0.05) is 24.6 Å². The van der Waals surface area contributed by atoms with Gasteiger partial charge in [0.1, 0.15) is 0 Å². The summed E-state index contributed by atoms with van der Waals surface area (Å²) in [6.07, 6.45) is 3.50. The summed E-state index contributed by atoms with van der Waals surface area (Å²) in [7, 11) is 0. The lowest BCUT2D eigenvalue weighted by molar-refractivity contribution is 0.709. The highest BCUT2D eigenvalue weighted by molar-refractivity contribution is 5.52. The van der Waals surface area contributed by atoms with E-state index >= 15 is 0 Å². The highest BCUT2D eigenvalue weighted by atomic mass is 15.1. The summed E-state index contributed by atoms with van der Waals surface area (Å²) in [6.45, 7) is 1.88. The second-order valence-electron chi connectivity index (χ2n) is 3.46. The molecule has 2 aromatic rings. The van der Waals surface area contributed by atoms with Crippen LogP contribution in [0, 0.1) is 0 Å². The number of pyridine rings is 1. The maximum atomic E-state index is 3.78. The normalized spacial score (nSPS) is 12.8. The topological polar surface area (TPSA) is 37.0 Å². The highest BCUT2D eigenvalue weighted by Gasteiger charge is 2.03. The molecule has 2 N–H and O–H groups in total. The molecule has 0 atom stereocenters. The average Bonchev–Trinajstić information content (AvgIpc) is 2.42. The zero-order valence-corrected chi connectivity index (χ0v) is 9.06. The zero-order valence-electron chi connectivity index (χ0n) is 9.06. The van der Waals surface area contributed by atoms with Crippen molar-refractivity contribution in [1.29, 1.82) is 0 Å². The number of anilines is 1. The van der Waals surface area contributed by atoms with Crippen molar-refractivity contribution in [3.05, 3.63) is 60.4 Å². The number of para-hydroxylation sites is 1. The summed E-state index contributed by atoms with van der Waals surface area (Å²) in [5.41, 5.74) is 2.62. The monoisotopic (exact) mass is 213 g/mol. The molecule has 0 radical (unpaired) electrons. The van der Waals surface area contributed by atoms with Crippen LogP contribution in [0.4, 0.5) is 5.69 Å². The zero-order chi connectivity index (χ0) is 11.1. The van der Waals surface area contributed by atoms with Crippen LogP contribution in [-0.2, 0) is 6.54 Å². The van der Waals surface area contributed by atoms with E-state index in [1.807, 2.05) is 18.2 Å². The average molecular weight is 213 g/mol. The molecule has 1 aliphatic heterocycles. The summed E-state index contributed by atoms with van der Waals surface area (Å²) in [5.74, 6) is 0. The van der Waals surface area contributed by atoms with Gasteiger partial charge in [-0.05, 0) is 23.8 Å². The molecule has 1 aliphatic rings. The molecule has 0 spiro atoms. The van der Waals surface area contributed by atoms with Gasteiger partial charge in [0.25, 0.3) is 0 Å². The Hall–Kier alpha value is -1.87. The largest absolute Gasteiger partial charge is 0.372 e. The van der Waals surface area contributed by atoms with E-state index in [0.29, 0.717) is 0 Å². The molecule has 0 saturated heterocycles. The summed E-state index contributed by atoms with van der Waals surface area (Å²) in [4.78, 5) is 3.78. The number of nitrogens with zero attached hydrogens (tertiary/aromatic N) is 1. The van der Waals surface area contributed by atoms with Gasteiger partial charge in [0.15, 0.2) is 0 Å². The van der Waals surface area contributed by atoms with E-state index in [-0.39, 0.29) is 0 Å². The van der Waals surface area contributed by atoms with E-state index in [4.69, 9.17) is 0 Å². The van der Waals surface area contributed by atoms with E-state index in [2.05, 4.69) is 39.9 Å². The Kier molecular flexibility index (Phi) is 3.91. The van der Waals surface area contributed by atoms with Crippen molar-refractivity contribution in [1.82, 2.24) is 10.3 Å². The quantitative estimate of drug-likeness (QED) is 0.704. The molecule has 3 heteroatoms. The van der Waals surface area contributed by atoms with Gasteiger partial charge in [-0.15, -0.1) is 0 Å². The molecule has 0 saturated carbocycles. The predicted octanol–water partition coefficient (Wildman–Crippen LogP) is 2.24. The number of nitrogens with one attached hydrogen (secondary N) is 2. The van der Waals surface area contributed by atoms with E-state index < -0.39 is 0 Å². The summed E-state index contributed by atoms with van der Waals surface area (Å²) >= 11 is 0. The number of benzene rings is 1. The van der Waals surface area contributed by atoms with E-state index in [9.17, 15) is 0 Å². The van der Waals surface area contributed by atoms with Gasteiger partial charge in [0.05, 0.1) is 6.67 Å². The van der Waals surface area contributed by atoms with Gasteiger partial charge in [-0.3, -0.25) is 10.3 Å². The Morgan fingerprint density at radius 2 is 1.75 bits per heavy atom. The maximum absolute atomic E-state index is 3.78. The Balaban J connectivity index is 0.000000138. The van der Waals surface area contributed by atoms with Crippen molar-refractivity contribution in [3.8, 4) is 0 Å². The molecule has 1 aromatic heterocycles. The Labute approximate surface area is 95.5 Å². The SMILES string of the molecule is c1ccc2c(c1)CNCN2.c1ccncc1. The predicted molar refractivity (Wildman–Crippen MR) is 66.0 cm³/mol. The molecule has 0 aliphatic carbocycles. The minimum Gasteiger partial charge on any atom is -0.372 e. The molecule has 0 fully saturated rings. The minimum atomic E-state index is 0.886. The second kappa shape index (κ2) is 5.88. The third-order valence-corrected chi connectivity index (χ3v) is 2.30. The van der Waals surface area contributed by atoms with Gasteiger partial charge >= 0.3 is 0 Å². The first kappa shape index (κ1) is 10.6. The number of hydrogen-bond acceptors (Lipinski definition) is 3. The van der Waals surface area contributed by atoms with E-state index in [1.165, 1.54) is 11.3 Å². The lowest BCUT2D eigenvalue weighted by Crippen LogP contribution is -2.27. The third kappa shape index (κ3) is 3.07. The van der Waals surface area contributed by atoms with Crippen molar-refractivity contribution in [2.45, 2.75) is 6.54 Å². The van der Waals surface area contributed by atoms with Crippen LogP contribution in [0.5, 0.6) is 0 Å². The molecule has 16 heavy (non-hydrogen) atoms. The van der Waals surface area contributed by atoms with Gasteiger partial charge in [0.2, 0.25) is 0 Å². The van der Waals surface area contributed by atoms with Crippen molar-refractivity contribution in [3.63, 3.8) is 0 Å². The van der Waals surface area contributed by atoms with Crippen LogP contribution in [-0.4, -0.2) is 11.7 Å². The van der Waals surface area contributed by atoms with Gasteiger partial charge in [-0.25, -0.2) is 0 Å². The van der Waals surface area contributed by atoms with Gasteiger partial charge < -0.3 is 5.32 Å². The van der Waals surface area contributed by atoms with Crippen LogP contribution < -0.4 is 10.6 Å². The number of fused-ring (bicyclic) bond motifs is 1. The molecule has 3 rings (SSSR count). The molecule has 2 heterocycles. The minimum absolute atomic E-state index is 0.886. The van der Waals surface area contributed by atoms with Crippen molar-refractivity contribution >= 4 is 5.69 Å². The Bertz CT molecular complexity index is 363. The van der Waals surface area contributed by atoms with Crippen molar-refractivity contribution in [2.75, 3.05) is 12.0 Å². The summed E-state index contributed by atoms with van der Waals surface area (Å²) in [5, 5.41) is 6.48. The fourth-order valence-corrected chi connectivity index (χ4v) is 1.51. The van der Waals surface area contributed by atoms with Gasteiger partial charge in [-0.1, -0.05) is 24.3 Å². The molecule has 1 aromatic carbocycles. The Morgan fingerprint density at radius 3 is 2.38 bits per heavy atom. The van der Waals surface area contributed by atoms with Crippen LogP contribution in [0.1, 0.15) is 5.56 Å². The molecule has 0 unspecified atom stereocenters. The van der Waals surface area contributed by atoms with Crippen LogP contribution in [0.15, 0.2) is 54.9 Å². The first-order chi connectivity index (χ1) is 7.97. The van der Waals surface area contributed by atoms with Crippen LogP contribution in [0.3, 0.4) is 0 Å². The molecular formula is C13H15N3. The Morgan fingerprint density at radius 1 is 0.938 bits per heavy atom. The summed E-state index contributed by atoms with van der Waals surface area (Å²) in [6, 6.07) is 14.1. The molecule has 0 amide bonds. The molecule has 3 nitrogen and oxygen atoms in total. The molecule has 0 bridgehead atoms. The van der Waals surface area contributed by atoms with Crippen molar-refractivity contribution in [2.24, 2.45) is 0 Å². The second-order valence-corrected chi connectivity index (χ2v) is 3.46. The highest BCUT2D eigenvalue weighted by Crippen LogP contribution is 2.16. The number of rotatable bonds is 0. The first-order valence-electron chi connectivity index (χ1n) is 5.34. The molecule has 82 valence electrons. The first-order valence-corrected chi connectivity index (χ1v) is 5.34. The smallest absolute Gasteiger partial charge is 0.0655 e. The lowest BCUT2D eigenvalue weighted by atomic mass is 10.1. The fourth-order valence-electron chi connectivity index (χ4n) is 1.51. The number of aromatic nitrogens is 1. The standard InChI is InChI=1S/C8H10N2.C5H5N/c1-2-4-8-7(3-1)5-9-6-10-8;1-2-4-6-5-3-1/h1-4,9-10H,5-6H2;1-5H. The third-order valence-electron chi connectivity index (χ3n) is 2.30. The van der Waals surface area contributed by atoms with Gasteiger partial charge in [-0.2, -0.15) is 0 Å². The maximum Gasteiger partial charge on any atom is 0.0655 e. The van der Waals surface area contributed by atoms with E-state index in [0.717, 1.165) is 13.2 Å². The van der Waals surface area contributed by atoms with Crippen LogP contribution >= 0.6 is 0 Å². The lowest BCUT2D eigenvalue weighted by Gasteiger charge is -2.18. The van der Waals surface area contributed by atoms with Crippen LogP contribution in [0.25, 0.3) is 0 Å². The van der Waals surface area contributed by atoms with E-state index in [1.54, 1.807) is 12.4 Å². The fraction of sp³-hybridized carbons (Fsp3) is 0.154.